The third kappa shape index (κ3) is 4.36. The van der Waals surface area contributed by atoms with Crippen LogP contribution in [0.25, 0.3) is 10.9 Å². The zero-order chi connectivity index (χ0) is 20.6. The average molecular weight is 432 g/mol. The number of rotatable bonds is 5. The van der Waals surface area contributed by atoms with Crippen LogP contribution in [0.2, 0.25) is 10.0 Å². The van der Waals surface area contributed by atoms with Gasteiger partial charge in [-0.15, -0.1) is 13.2 Å². The summed E-state index contributed by atoms with van der Waals surface area (Å²) in [5.41, 5.74) is 2.43. The van der Waals surface area contributed by atoms with Crippen molar-refractivity contribution in [2.45, 2.75) is 26.3 Å². The molecule has 9 heteroatoms. The lowest BCUT2D eigenvalue weighted by Crippen LogP contribution is -2.17. The first kappa shape index (κ1) is 20.4. The Morgan fingerprint density at radius 2 is 1.86 bits per heavy atom. The van der Waals surface area contributed by atoms with Gasteiger partial charge in [0.25, 0.3) is 0 Å². The van der Waals surface area contributed by atoms with E-state index in [-0.39, 0.29) is 18.7 Å². The van der Waals surface area contributed by atoms with Crippen LogP contribution in [0.15, 0.2) is 36.4 Å². The van der Waals surface area contributed by atoms with Gasteiger partial charge in [-0.25, -0.2) is 0 Å². The monoisotopic (exact) mass is 431 g/mol. The van der Waals surface area contributed by atoms with Crippen molar-refractivity contribution in [3.05, 3.63) is 63.3 Å². The molecule has 2 aromatic carbocycles. The highest BCUT2D eigenvalue weighted by Crippen LogP contribution is 2.34. The minimum atomic E-state index is -4.78. The number of aromatic nitrogens is 1. The summed E-state index contributed by atoms with van der Waals surface area (Å²) in [6.45, 7) is 1.95. The molecular weight excluding hydrogens is 418 g/mol. The number of hydrogen-bond donors (Lipinski definition) is 1. The standard InChI is InChI=1S/C19H14Cl2F3NO3/c1-10-13(7-18(26)27)14-6-15(20)16(21)8-17(14)25(10)9-11-3-2-4-12(5-11)28-19(22,23)24/h2-6,8H,7,9H2,1H3,(H,26,27). The van der Waals surface area contributed by atoms with Gasteiger partial charge in [-0.3, -0.25) is 4.79 Å². The van der Waals surface area contributed by atoms with E-state index in [0.717, 1.165) is 0 Å². The van der Waals surface area contributed by atoms with E-state index in [2.05, 4.69) is 4.74 Å². The largest absolute Gasteiger partial charge is 0.573 e. The Kier molecular flexibility index (Phi) is 5.50. The van der Waals surface area contributed by atoms with Gasteiger partial charge in [-0.2, -0.15) is 0 Å². The summed E-state index contributed by atoms with van der Waals surface area (Å²) < 4.78 is 43.2. The van der Waals surface area contributed by atoms with Crippen molar-refractivity contribution in [2.75, 3.05) is 0 Å². The number of aliphatic carboxylic acids is 1. The van der Waals surface area contributed by atoms with E-state index < -0.39 is 12.3 Å². The molecule has 1 heterocycles. The molecule has 0 aliphatic heterocycles. The lowest BCUT2D eigenvalue weighted by Gasteiger charge is -2.12. The van der Waals surface area contributed by atoms with Crippen LogP contribution >= 0.6 is 23.2 Å². The molecule has 1 N–H and O–H groups in total. The topological polar surface area (TPSA) is 51.5 Å². The summed E-state index contributed by atoms with van der Waals surface area (Å²) in [6, 6.07) is 8.83. The van der Waals surface area contributed by atoms with Gasteiger partial charge in [0.15, 0.2) is 0 Å². The highest BCUT2D eigenvalue weighted by Gasteiger charge is 2.31. The van der Waals surface area contributed by atoms with Gasteiger partial charge in [0, 0.05) is 17.6 Å². The van der Waals surface area contributed by atoms with E-state index in [9.17, 15) is 23.1 Å². The fourth-order valence-electron chi connectivity index (χ4n) is 3.14. The molecule has 3 aromatic rings. The Bertz CT molecular complexity index is 1060. The molecule has 0 saturated heterocycles. The van der Waals surface area contributed by atoms with Gasteiger partial charge in [0.05, 0.1) is 22.0 Å². The predicted molar refractivity (Wildman–Crippen MR) is 100 cm³/mol. The summed E-state index contributed by atoms with van der Waals surface area (Å²) in [7, 11) is 0. The second kappa shape index (κ2) is 7.56. The maximum atomic E-state index is 12.5. The van der Waals surface area contributed by atoms with Crippen LogP contribution in [-0.4, -0.2) is 22.0 Å². The summed E-state index contributed by atoms with van der Waals surface area (Å²) in [5, 5.41) is 10.4. The molecule has 28 heavy (non-hydrogen) atoms. The fraction of sp³-hybridized carbons (Fsp3) is 0.211. The number of carboxylic acid groups (broad SMARTS) is 1. The Hall–Kier alpha value is -2.38. The zero-order valence-corrected chi connectivity index (χ0v) is 16.0. The third-order valence-electron chi connectivity index (χ3n) is 4.30. The number of alkyl halides is 3. The molecule has 148 valence electrons. The number of halogens is 5. The number of hydrogen-bond acceptors (Lipinski definition) is 2. The SMILES string of the molecule is Cc1c(CC(=O)O)c2cc(Cl)c(Cl)cc2n1Cc1cccc(OC(F)(F)F)c1. The molecule has 3 rings (SSSR count). The Labute approximate surface area is 168 Å². The van der Waals surface area contributed by atoms with Gasteiger partial charge in [0.1, 0.15) is 5.75 Å². The lowest BCUT2D eigenvalue weighted by molar-refractivity contribution is -0.274. The molecule has 0 saturated carbocycles. The number of benzene rings is 2. The minimum Gasteiger partial charge on any atom is -0.481 e. The van der Waals surface area contributed by atoms with Crippen molar-refractivity contribution >= 4 is 40.1 Å². The quantitative estimate of drug-likeness (QED) is 0.552. The predicted octanol–water partition coefficient (Wildman–Crippen LogP) is 5.83. The molecule has 0 unspecified atom stereocenters. The zero-order valence-electron chi connectivity index (χ0n) is 14.5. The molecule has 4 nitrogen and oxygen atoms in total. The van der Waals surface area contributed by atoms with E-state index in [0.29, 0.717) is 37.8 Å². The van der Waals surface area contributed by atoms with Crippen LogP contribution in [0.1, 0.15) is 16.8 Å². The maximum absolute atomic E-state index is 12.5. The van der Waals surface area contributed by atoms with Crippen LogP contribution in [0.3, 0.4) is 0 Å². The Morgan fingerprint density at radius 1 is 1.18 bits per heavy atom. The molecule has 0 atom stereocenters. The second-order valence-corrected chi connectivity index (χ2v) is 7.01. The molecule has 0 radical (unpaired) electrons. The molecule has 0 spiro atoms. The van der Waals surface area contributed by atoms with Crippen molar-refractivity contribution in [1.82, 2.24) is 4.57 Å². The molecule has 0 amide bonds. The fourth-order valence-corrected chi connectivity index (χ4v) is 3.46. The maximum Gasteiger partial charge on any atom is 0.573 e. The molecule has 1 aromatic heterocycles. The van der Waals surface area contributed by atoms with Crippen LogP contribution < -0.4 is 4.74 Å². The van der Waals surface area contributed by atoms with Crippen LogP contribution in [0.4, 0.5) is 13.2 Å². The second-order valence-electron chi connectivity index (χ2n) is 6.20. The molecule has 0 aliphatic carbocycles. The first-order valence-corrected chi connectivity index (χ1v) is 8.84. The van der Waals surface area contributed by atoms with Crippen LogP contribution in [-0.2, 0) is 17.8 Å². The van der Waals surface area contributed by atoms with Crippen molar-refractivity contribution < 1.29 is 27.8 Å². The van der Waals surface area contributed by atoms with E-state index in [4.69, 9.17) is 23.2 Å². The van der Waals surface area contributed by atoms with Crippen molar-refractivity contribution in [3.8, 4) is 5.75 Å². The Morgan fingerprint density at radius 3 is 2.50 bits per heavy atom. The van der Waals surface area contributed by atoms with E-state index in [1.54, 1.807) is 29.7 Å². The summed E-state index contributed by atoms with van der Waals surface area (Å²) in [4.78, 5) is 11.3. The molecular formula is C19H14Cl2F3NO3. The molecule has 0 bridgehead atoms. The lowest BCUT2D eigenvalue weighted by atomic mass is 10.1. The van der Waals surface area contributed by atoms with Crippen molar-refractivity contribution in [1.29, 1.82) is 0 Å². The summed E-state index contributed by atoms with van der Waals surface area (Å²) >= 11 is 12.2. The summed E-state index contributed by atoms with van der Waals surface area (Å²) in [5.74, 6) is -1.33. The Balaban J connectivity index is 2.08. The van der Waals surface area contributed by atoms with Crippen LogP contribution in [0, 0.1) is 6.92 Å². The first-order chi connectivity index (χ1) is 13.0. The average Bonchev–Trinajstić information content (AvgIpc) is 2.79. The van der Waals surface area contributed by atoms with Crippen molar-refractivity contribution in [2.24, 2.45) is 0 Å². The van der Waals surface area contributed by atoms with Gasteiger partial charge in [-0.1, -0.05) is 35.3 Å². The van der Waals surface area contributed by atoms with Gasteiger partial charge < -0.3 is 14.4 Å². The summed E-state index contributed by atoms with van der Waals surface area (Å²) in [6.07, 6.45) is -5.00. The number of carboxylic acids is 1. The highest BCUT2D eigenvalue weighted by molar-refractivity contribution is 6.42. The van der Waals surface area contributed by atoms with Crippen molar-refractivity contribution in [3.63, 3.8) is 0 Å². The van der Waals surface area contributed by atoms with Gasteiger partial charge >= 0.3 is 12.3 Å². The third-order valence-corrected chi connectivity index (χ3v) is 5.02. The number of ether oxygens (including phenoxy) is 1. The van der Waals surface area contributed by atoms with Crippen LogP contribution in [0.5, 0.6) is 5.75 Å². The minimum absolute atomic E-state index is 0.203. The van der Waals surface area contributed by atoms with Gasteiger partial charge in [0.2, 0.25) is 0 Å². The van der Waals surface area contributed by atoms with Gasteiger partial charge in [-0.05, 0) is 42.3 Å². The normalized spacial score (nSPS) is 11.8. The molecule has 0 aliphatic rings. The highest BCUT2D eigenvalue weighted by atomic mass is 35.5. The smallest absolute Gasteiger partial charge is 0.481 e. The van der Waals surface area contributed by atoms with E-state index in [1.165, 1.54) is 18.2 Å². The molecule has 0 fully saturated rings. The number of nitrogens with zero attached hydrogens (tertiary/aromatic N) is 1. The first-order valence-electron chi connectivity index (χ1n) is 8.08. The number of carbonyl (C=O) groups is 1. The number of fused-ring (bicyclic) bond motifs is 1. The van der Waals surface area contributed by atoms with E-state index >= 15 is 0 Å². The van der Waals surface area contributed by atoms with E-state index in [1.807, 2.05) is 0 Å².